The Hall–Kier alpha value is -0.660. The van der Waals surface area contributed by atoms with E-state index in [0.29, 0.717) is 6.42 Å². The molecule has 1 N–H and O–H groups in total. The molecule has 0 aliphatic rings. The van der Waals surface area contributed by atoms with E-state index < -0.39 is 0 Å². The standard InChI is InChI=1S/C5H9NO/c1-5(4-7)2-3-6/h3-6H,2H2,1H3. The van der Waals surface area contributed by atoms with E-state index in [1.165, 1.54) is 6.21 Å². The summed E-state index contributed by atoms with van der Waals surface area (Å²) in [6, 6.07) is 0. The van der Waals surface area contributed by atoms with Gasteiger partial charge in [0.25, 0.3) is 0 Å². The van der Waals surface area contributed by atoms with Crippen LogP contribution in [0.25, 0.3) is 0 Å². The topological polar surface area (TPSA) is 40.9 Å². The van der Waals surface area contributed by atoms with Crippen LogP contribution in [0.5, 0.6) is 0 Å². The van der Waals surface area contributed by atoms with Crippen molar-refractivity contribution in [1.29, 1.82) is 5.41 Å². The van der Waals surface area contributed by atoms with Gasteiger partial charge >= 0.3 is 0 Å². The molecule has 0 radical (unpaired) electrons. The van der Waals surface area contributed by atoms with E-state index in [-0.39, 0.29) is 5.92 Å². The smallest absolute Gasteiger partial charge is 0.123 e. The van der Waals surface area contributed by atoms with Crippen LogP contribution in [0.3, 0.4) is 0 Å². The summed E-state index contributed by atoms with van der Waals surface area (Å²) >= 11 is 0. The highest BCUT2D eigenvalue weighted by atomic mass is 16.1. The molecular formula is C5H9NO. The van der Waals surface area contributed by atoms with Crippen molar-refractivity contribution in [3.8, 4) is 0 Å². The molecule has 0 spiro atoms. The Morgan fingerprint density at radius 3 is 2.57 bits per heavy atom. The van der Waals surface area contributed by atoms with E-state index in [2.05, 4.69) is 0 Å². The fourth-order valence-corrected chi connectivity index (χ4v) is 0.241. The van der Waals surface area contributed by atoms with Gasteiger partial charge in [-0.3, -0.25) is 0 Å². The molecule has 0 fully saturated rings. The zero-order valence-corrected chi connectivity index (χ0v) is 4.35. The molecule has 0 saturated heterocycles. The van der Waals surface area contributed by atoms with E-state index in [1.807, 2.05) is 0 Å². The number of carbonyl (C=O) groups excluding carboxylic acids is 1. The largest absolute Gasteiger partial charge is 0.313 e. The summed E-state index contributed by atoms with van der Waals surface area (Å²) in [6.45, 7) is 1.79. The summed E-state index contributed by atoms with van der Waals surface area (Å²) in [5.74, 6) is 0.0255. The van der Waals surface area contributed by atoms with E-state index in [1.54, 1.807) is 6.92 Å². The van der Waals surface area contributed by atoms with Crippen LogP contribution in [0.4, 0.5) is 0 Å². The molecule has 0 aliphatic carbocycles. The van der Waals surface area contributed by atoms with Crippen LogP contribution in [-0.4, -0.2) is 12.5 Å². The second kappa shape index (κ2) is 3.53. The lowest BCUT2D eigenvalue weighted by Gasteiger charge is -1.90. The maximum Gasteiger partial charge on any atom is 0.123 e. The third-order valence-electron chi connectivity index (χ3n) is 0.722. The van der Waals surface area contributed by atoms with Crippen molar-refractivity contribution in [3.05, 3.63) is 0 Å². The Balaban J connectivity index is 3.15. The Morgan fingerprint density at radius 1 is 1.86 bits per heavy atom. The van der Waals surface area contributed by atoms with Crippen LogP contribution in [0.2, 0.25) is 0 Å². The van der Waals surface area contributed by atoms with Crippen LogP contribution in [-0.2, 0) is 4.79 Å². The molecule has 0 aliphatic heterocycles. The lowest BCUT2D eigenvalue weighted by atomic mass is 10.1. The Labute approximate surface area is 43.0 Å². The van der Waals surface area contributed by atoms with Crippen molar-refractivity contribution < 1.29 is 4.79 Å². The maximum absolute atomic E-state index is 9.79. The summed E-state index contributed by atoms with van der Waals surface area (Å²) in [5.41, 5.74) is 0. The predicted octanol–water partition coefficient (Wildman–Crippen LogP) is 0.861. The van der Waals surface area contributed by atoms with E-state index >= 15 is 0 Å². The van der Waals surface area contributed by atoms with Gasteiger partial charge in [0.15, 0.2) is 0 Å². The lowest BCUT2D eigenvalue weighted by molar-refractivity contribution is -0.110. The SMILES string of the molecule is CC(C=O)CC=N. The highest BCUT2D eigenvalue weighted by molar-refractivity contribution is 5.62. The van der Waals surface area contributed by atoms with Crippen molar-refractivity contribution in [2.45, 2.75) is 13.3 Å². The molecular weight excluding hydrogens is 90.1 g/mol. The van der Waals surface area contributed by atoms with Gasteiger partial charge in [0, 0.05) is 5.92 Å². The van der Waals surface area contributed by atoms with E-state index in [0.717, 1.165) is 6.29 Å². The molecule has 0 heterocycles. The molecule has 0 aromatic heterocycles. The molecule has 2 nitrogen and oxygen atoms in total. The number of hydrogen-bond donors (Lipinski definition) is 1. The van der Waals surface area contributed by atoms with Gasteiger partial charge in [-0.2, -0.15) is 0 Å². The first-order valence-corrected chi connectivity index (χ1v) is 2.25. The third-order valence-corrected chi connectivity index (χ3v) is 0.722. The van der Waals surface area contributed by atoms with Crippen LogP contribution >= 0.6 is 0 Å². The minimum atomic E-state index is 0.0255. The van der Waals surface area contributed by atoms with Gasteiger partial charge < -0.3 is 10.2 Å². The molecule has 0 aromatic carbocycles. The molecule has 0 amide bonds. The molecule has 0 saturated carbocycles. The minimum Gasteiger partial charge on any atom is -0.313 e. The highest BCUT2D eigenvalue weighted by Gasteiger charge is 1.92. The quantitative estimate of drug-likeness (QED) is 0.413. The van der Waals surface area contributed by atoms with Crippen molar-refractivity contribution in [2.75, 3.05) is 0 Å². The second-order valence-electron chi connectivity index (χ2n) is 1.55. The summed E-state index contributed by atoms with van der Waals surface area (Å²) in [4.78, 5) is 9.79. The maximum atomic E-state index is 9.79. The monoisotopic (exact) mass is 99.1 g/mol. The number of hydrogen-bond acceptors (Lipinski definition) is 2. The molecule has 40 valence electrons. The fraction of sp³-hybridized carbons (Fsp3) is 0.600. The van der Waals surface area contributed by atoms with Crippen molar-refractivity contribution in [2.24, 2.45) is 5.92 Å². The predicted molar refractivity (Wildman–Crippen MR) is 28.6 cm³/mol. The van der Waals surface area contributed by atoms with Crippen LogP contribution in [0.15, 0.2) is 0 Å². The molecule has 0 bridgehead atoms. The number of rotatable bonds is 3. The summed E-state index contributed by atoms with van der Waals surface area (Å²) in [7, 11) is 0. The van der Waals surface area contributed by atoms with E-state index in [9.17, 15) is 4.79 Å². The van der Waals surface area contributed by atoms with Crippen LogP contribution < -0.4 is 0 Å². The average molecular weight is 99.1 g/mol. The zero-order valence-electron chi connectivity index (χ0n) is 4.35. The number of nitrogens with one attached hydrogen (secondary N) is 1. The summed E-state index contributed by atoms with van der Waals surface area (Å²) < 4.78 is 0. The van der Waals surface area contributed by atoms with Gasteiger partial charge in [-0.15, -0.1) is 0 Å². The summed E-state index contributed by atoms with van der Waals surface area (Å²) in [6.07, 6.45) is 2.67. The number of carbonyl (C=O) groups is 1. The summed E-state index contributed by atoms with van der Waals surface area (Å²) in [5, 5.41) is 6.55. The first-order chi connectivity index (χ1) is 3.31. The van der Waals surface area contributed by atoms with Gasteiger partial charge in [0.05, 0.1) is 0 Å². The molecule has 7 heavy (non-hydrogen) atoms. The second-order valence-corrected chi connectivity index (χ2v) is 1.55. The van der Waals surface area contributed by atoms with Crippen LogP contribution in [0.1, 0.15) is 13.3 Å². The Morgan fingerprint density at radius 2 is 2.43 bits per heavy atom. The minimum absolute atomic E-state index is 0.0255. The Kier molecular flexibility index (Phi) is 3.19. The van der Waals surface area contributed by atoms with E-state index in [4.69, 9.17) is 5.41 Å². The van der Waals surface area contributed by atoms with Gasteiger partial charge in [-0.05, 0) is 12.6 Å². The first-order valence-electron chi connectivity index (χ1n) is 2.25. The van der Waals surface area contributed by atoms with Gasteiger partial charge in [0.2, 0.25) is 0 Å². The van der Waals surface area contributed by atoms with Gasteiger partial charge in [0.1, 0.15) is 6.29 Å². The van der Waals surface area contributed by atoms with Crippen molar-refractivity contribution in [1.82, 2.24) is 0 Å². The third kappa shape index (κ3) is 3.16. The lowest BCUT2D eigenvalue weighted by Crippen LogP contribution is -1.94. The highest BCUT2D eigenvalue weighted by Crippen LogP contribution is 1.90. The molecule has 0 rings (SSSR count). The van der Waals surface area contributed by atoms with Crippen molar-refractivity contribution in [3.63, 3.8) is 0 Å². The fourth-order valence-electron chi connectivity index (χ4n) is 0.241. The van der Waals surface area contributed by atoms with Gasteiger partial charge in [-0.25, -0.2) is 0 Å². The molecule has 1 unspecified atom stereocenters. The first kappa shape index (κ1) is 6.34. The molecule has 2 heteroatoms. The zero-order chi connectivity index (χ0) is 5.70. The normalized spacial score (nSPS) is 12.7. The van der Waals surface area contributed by atoms with Crippen LogP contribution in [0, 0.1) is 11.3 Å². The number of aldehydes is 1. The van der Waals surface area contributed by atoms with Crippen molar-refractivity contribution >= 4 is 12.5 Å². The Bertz CT molecular complexity index is 70.5. The van der Waals surface area contributed by atoms with Gasteiger partial charge in [-0.1, -0.05) is 6.92 Å². The molecule has 1 atom stereocenters. The molecule has 0 aromatic rings. The average Bonchev–Trinajstić information content (AvgIpc) is 1.68.